The summed E-state index contributed by atoms with van der Waals surface area (Å²) in [5.74, 6) is 0. The minimum atomic E-state index is 0.516. The molecule has 1 saturated carbocycles. The third-order valence-electron chi connectivity index (χ3n) is 4.48. The van der Waals surface area contributed by atoms with Crippen molar-refractivity contribution < 1.29 is 0 Å². The zero-order valence-corrected chi connectivity index (χ0v) is 12.9. The average Bonchev–Trinajstić information content (AvgIpc) is 3.21. The Morgan fingerprint density at radius 2 is 2.33 bits per heavy atom. The Labute approximate surface area is 127 Å². The highest BCUT2D eigenvalue weighted by Crippen LogP contribution is 2.30. The molecule has 1 aliphatic carbocycles. The van der Waals surface area contributed by atoms with Crippen LogP contribution in [0.25, 0.3) is 4.96 Å². The van der Waals surface area contributed by atoms with Crippen LogP contribution in [0.3, 0.4) is 0 Å². The third-order valence-corrected chi connectivity index (χ3v) is 5.24. The Morgan fingerprint density at radius 1 is 1.38 bits per heavy atom. The zero-order chi connectivity index (χ0) is 14.2. The minimum Gasteiger partial charge on any atom is -0.333 e. The first-order valence-electron chi connectivity index (χ1n) is 7.45. The minimum absolute atomic E-state index is 0.516. The molecule has 21 heavy (non-hydrogen) atoms. The van der Waals surface area contributed by atoms with Crippen molar-refractivity contribution in [1.29, 1.82) is 0 Å². The van der Waals surface area contributed by atoms with Crippen molar-refractivity contribution in [3.05, 3.63) is 41.7 Å². The molecule has 1 fully saturated rings. The van der Waals surface area contributed by atoms with Gasteiger partial charge in [0.15, 0.2) is 4.96 Å². The highest BCUT2D eigenvalue weighted by atomic mass is 32.1. The second-order valence-electron chi connectivity index (χ2n) is 5.70. The molecule has 4 rings (SSSR count). The van der Waals surface area contributed by atoms with Crippen LogP contribution in [0.5, 0.6) is 0 Å². The molecule has 2 atom stereocenters. The average molecular weight is 301 g/mol. The number of nitrogens with zero attached hydrogens (tertiary/aromatic N) is 4. The fourth-order valence-corrected chi connectivity index (χ4v) is 4.16. The van der Waals surface area contributed by atoms with Crippen molar-refractivity contribution in [1.82, 2.24) is 24.3 Å². The predicted octanol–water partition coefficient (Wildman–Crippen LogP) is 2.78. The zero-order valence-electron chi connectivity index (χ0n) is 12.1. The number of imidazole rings is 2. The van der Waals surface area contributed by atoms with E-state index < -0.39 is 0 Å². The first kappa shape index (κ1) is 13.0. The molecule has 0 radical (unpaired) electrons. The first-order valence-corrected chi connectivity index (χ1v) is 8.33. The van der Waals surface area contributed by atoms with Gasteiger partial charge < -0.3 is 9.88 Å². The number of nitrogens with one attached hydrogen (secondary N) is 1. The topological polar surface area (TPSA) is 47.1 Å². The Hall–Kier alpha value is -1.66. The number of rotatable bonds is 4. The predicted molar refractivity (Wildman–Crippen MR) is 83.5 cm³/mol. The van der Waals surface area contributed by atoms with Crippen molar-refractivity contribution in [2.24, 2.45) is 0 Å². The molecular formula is C15H19N5S. The van der Waals surface area contributed by atoms with Crippen molar-refractivity contribution >= 4 is 16.3 Å². The molecule has 0 spiro atoms. The number of hydrogen-bond acceptors (Lipinski definition) is 4. The molecule has 5 nitrogen and oxygen atoms in total. The Bertz CT molecular complexity index is 727. The van der Waals surface area contributed by atoms with E-state index in [1.54, 1.807) is 11.3 Å². The maximum Gasteiger partial charge on any atom is 0.194 e. The van der Waals surface area contributed by atoms with Crippen molar-refractivity contribution in [3.63, 3.8) is 0 Å². The summed E-state index contributed by atoms with van der Waals surface area (Å²) in [5, 5.41) is 5.83. The standard InChI is InChI=1S/C15H19N5S/c1-11-14(20-7-8-21-15(20)18-11)9-17-12-3-2-4-13(12)19-6-5-16-10-19/h5-8,10,12-13,17H,2-4,9H2,1H3. The lowest BCUT2D eigenvalue weighted by Gasteiger charge is -2.22. The molecule has 0 aliphatic heterocycles. The Morgan fingerprint density at radius 3 is 3.19 bits per heavy atom. The van der Waals surface area contributed by atoms with Gasteiger partial charge in [0, 0.05) is 42.6 Å². The maximum absolute atomic E-state index is 4.61. The van der Waals surface area contributed by atoms with E-state index in [-0.39, 0.29) is 0 Å². The van der Waals surface area contributed by atoms with Gasteiger partial charge in [0.05, 0.1) is 17.7 Å². The summed E-state index contributed by atoms with van der Waals surface area (Å²) in [6, 6.07) is 1.04. The summed E-state index contributed by atoms with van der Waals surface area (Å²) < 4.78 is 4.45. The van der Waals surface area contributed by atoms with E-state index in [9.17, 15) is 0 Å². The van der Waals surface area contributed by atoms with Gasteiger partial charge in [-0.2, -0.15) is 0 Å². The SMILES string of the molecule is Cc1nc2sccn2c1CNC1CCCC1n1ccnc1. The third kappa shape index (κ3) is 2.28. The van der Waals surface area contributed by atoms with E-state index in [0.717, 1.165) is 17.2 Å². The van der Waals surface area contributed by atoms with Gasteiger partial charge in [-0.1, -0.05) is 0 Å². The molecule has 110 valence electrons. The normalized spacial score (nSPS) is 22.3. The molecule has 0 bridgehead atoms. The molecule has 3 aromatic heterocycles. The van der Waals surface area contributed by atoms with Gasteiger partial charge in [0.1, 0.15) is 0 Å². The summed E-state index contributed by atoms with van der Waals surface area (Å²) in [6.07, 6.45) is 11.7. The van der Waals surface area contributed by atoms with Gasteiger partial charge >= 0.3 is 0 Å². The molecular weight excluding hydrogens is 282 g/mol. The van der Waals surface area contributed by atoms with Gasteiger partial charge in [-0.3, -0.25) is 4.40 Å². The number of aryl methyl sites for hydroxylation is 1. The Balaban J connectivity index is 1.51. The maximum atomic E-state index is 4.61. The number of thiazole rings is 1. The lowest BCUT2D eigenvalue weighted by molar-refractivity contribution is 0.388. The summed E-state index contributed by atoms with van der Waals surface area (Å²) in [7, 11) is 0. The van der Waals surface area contributed by atoms with Crippen LogP contribution >= 0.6 is 11.3 Å². The summed E-state index contributed by atoms with van der Waals surface area (Å²) in [6.45, 7) is 2.97. The van der Waals surface area contributed by atoms with Gasteiger partial charge in [-0.05, 0) is 26.2 Å². The highest BCUT2D eigenvalue weighted by molar-refractivity contribution is 7.15. The second-order valence-corrected chi connectivity index (χ2v) is 6.57. The van der Waals surface area contributed by atoms with Crippen LogP contribution in [0.2, 0.25) is 0 Å². The monoisotopic (exact) mass is 301 g/mol. The number of fused-ring (bicyclic) bond motifs is 1. The molecule has 2 unspecified atom stereocenters. The molecule has 3 aromatic rings. The first-order chi connectivity index (χ1) is 10.3. The molecule has 0 saturated heterocycles. The molecule has 3 heterocycles. The smallest absolute Gasteiger partial charge is 0.194 e. The van der Waals surface area contributed by atoms with Crippen molar-refractivity contribution in [2.45, 2.75) is 44.8 Å². The number of aromatic nitrogens is 4. The van der Waals surface area contributed by atoms with Crippen LogP contribution < -0.4 is 5.32 Å². The fraction of sp³-hybridized carbons (Fsp3) is 0.467. The van der Waals surface area contributed by atoms with Crippen molar-refractivity contribution in [3.8, 4) is 0 Å². The van der Waals surface area contributed by atoms with E-state index in [4.69, 9.17) is 0 Å². The van der Waals surface area contributed by atoms with Crippen LogP contribution in [0.4, 0.5) is 0 Å². The van der Waals surface area contributed by atoms with Crippen LogP contribution in [-0.4, -0.2) is 25.0 Å². The fourth-order valence-electron chi connectivity index (χ4n) is 3.38. The lowest BCUT2D eigenvalue weighted by atomic mass is 10.1. The van der Waals surface area contributed by atoms with Crippen molar-refractivity contribution in [2.75, 3.05) is 0 Å². The van der Waals surface area contributed by atoms with E-state index in [2.05, 4.69) is 49.0 Å². The quantitative estimate of drug-likeness (QED) is 0.806. The Kier molecular flexibility index (Phi) is 3.27. The summed E-state index contributed by atoms with van der Waals surface area (Å²) >= 11 is 1.69. The molecule has 0 aromatic carbocycles. The molecule has 1 N–H and O–H groups in total. The lowest BCUT2D eigenvalue weighted by Crippen LogP contribution is -2.33. The van der Waals surface area contributed by atoms with Gasteiger partial charge in [-0.25, -0.2) is 9.97 Å². The van der Waals surface area contributed by atoms with Gasteiger partial charge in [0.2, 0.25) is 0 Å². The number of hydrogen-bond donors (Lipinski definition) is 1. The van der Waals surface area contributed by atoms with Crippen LogP contribution in [-0.2, 0) is 6.54 Å². The molecule has 6 heteroatoms. The summed E-state index contributed by atoms with van der Waals surface area (Å²) in [5.41, 5.74) is 2.41. The van der Waals surface area contributed by atoms with Crippen LogP contribution in [0.1, 0.15) is 36.7 Å². The van der Waals surface area contributed by atoms with E-state index in [0.29, 0.717) is 12.1 Å². The van der Waals surface area contributed by atoms with Gasteiger partial charge in [0.25, 0.3) is 0 Å². The largest absolute Gasteiger partial charge is 0.333 e. The highest BCUT2D eigenvalue weighted by Gasteiger charge is 2.28. The van der Waals surface area contributed by atoms with E-state index >= 15 is 0 Å². The van der Waals surface area contributed by atoms with Crippen LogP contribution in [0, 0.1) is 6.92 Å². The molecule has 1 aliphatic rings. The van der Waals surface area contributed by atoms with Crippen LogP contribution in [0.15, 0.2) is 30.3 Å². The van der Waals surface area contributed by atoms with E-state index in [1.165, 1.54) is 25.0 Å². The molecule has 0 amide bonds. The second kappa shape index (κ2) is 5.27. The van der Waals surface area contributed by atoms with Gasteiger partial charge in [-0.15, -0.1) is 11.3 Å². The van der Waals surface area contributed by atoms with E-state index in [1.807, 2.05) is 12.5 Å². The summed E-state index contributed by atoms with van der Waals surface area (Å²) in [4.78, 5) is 9.88.